The Morgan fingerprint density at radius 3 is 2.42 bits per heavy atom. The van der Waals surface area contributed by atoms with Crippen molar-refractivity contribution in [2.45, 2.75) is 52.4 Å². The first kappa shape index (κ1) is 36.2. The predicted molar refractivity (Wildman–Crippen MR) is 202 cm³/mol. The van der Waals surface area contributed by atoms with Crippen LogP contribution in [0.3, 0.4) is 0 Å². The van der Waals surface area contributed by atoms with E-state index in [1.807, 2.05) is 80.3 Å². The average molecular weight is 672 g/mol. The lowest BCUT2D eigenvalue weighted by Crippen LogP contribution is -2.19. The minimum atomic E-state index is -0.0960. The van der Waals surface area contributed by atoms with Gasteiger partial charge in [0, 0.05) is 12.7 Å². The Morgan fingerprint density at radius 1 is 1.00 bits per heavy atom. The second-order valence-electron chi connectivity index (χ2n) is 13.3. The fraction of sp³-hybridized carbons (Fsp3) is 0.333. The van der Waals surface area contributed by atoms with Crippen molar-refractivity contribution in [2.75, 3.05) is 34.4 Å². The van der Waals surface area contributed by atoms with Gasteiger partial charge in [-0.1, -0.05) is 67.6 Å². The molecular formula is C42H49N5O3. The van der Waals surface area contributed by atoms with E-state index in [9.17, 15) is 4.79 Å². The van der Waals surface area contributed by atoms with Crippen molar-refractivity contribution in [2.24, 2.45) is 5.92 Å². The quantitative estimate of drug-likeness (QED) is 0.156. The zero-order chi connectivity index (χ0) is 35.7. The number of hydrogen-bond donors (Lipinski definition) is 0. The van der Waals surface area contributed by atoms with Gasteiger partial charge in [-0.2, -0.15) is 5.10 Å². The Labute approximate surface area is 296 Å². The van der Waals surface area contributed by atoms with Gasteiger partial charge in [-0.15, -0.1) is 0 Å². The van der Waals surface area contributed by atoms with Crippen LogP contribution in [0.5, 0.6) is 11.5 Å². The highest BCUT2D eigenvalue weighted by Crippen LogP contribution is 2.48. The monoisotopic (exact) mass is 671 g/mol. The molecule has 1 saturated carbocycles. The van der Waals surface area contributed by atoms with Crippen molar-refractivity contribution in [3.8, 4) is 22.8 Å². The van der Waals surface area contributed by atoms with Crippen LogP contribution in [0.1, 0.15) is 55.8 Å². The third-order valence-corrected chi connectivity index (χ3v) is 8.96. The molecular weight excluding hydrogens is 622 g/mol. The van der Waals surface area contributed by atoms with Gasteiger partial charge in [-0.05, 0) is 107 Å². The van der Waals surface area contributed by atoms with Gasteiger partial charge in [-0.3, -0.25) is 4.79 Å². The third kappa shape index (κ3) is 9.12. The van der Waals surface area contributed by atoms with Gasteiger partial charge in [0.2, 0.25) is 0 Å². The highest BCUT2D eigenvalue weighted by Gasteiger charge is 2.48. The number of pyridine rings is 1. The van der Waals surface area contributed by atoms with Crippen molar-refractivity contribution in [1.29, 1.82) is 0 Å². The molecule has 0 saturated heterocycles. The van der Waals surface area contributed by atoms with Crippen LogP contribution in [0.2, 0.25) is 0 Å². The number of hydrogen-bond acceptors (Lipinski definition) is 7. The molecule has 1 atom stereocenters. The largest absolute Gasteiger partial charge is 0.495 e. The number of methoxy groups -OCH3 is 1. The number of ketones is 1. The van der Waals surface area contributed by atoms with Crippen LogP contribution >= 0.6 is 0 Å². The number of fused-ring (bicyclic) bond motifs is 1. The van der Waals surface area contributed by atoms with Crippen LogP contribution in [-0.4, -0.2) is 64.6 Å². The second-order valence-corrected chi connectivity index (χ2v) is 13.3. The molecule has 3 aromatic heterocycles. The summed E-state index contributed by atoms with van der Waals surface area (Å²) in [6.45, 7) is 9.58. The van der Waals surface area contributed by atoms with Gasteiger partial charge >= 0.3 is 0 Å². The van der Waals surface area contributed by atoms with Gasteiger partial charge in [0.25, 0.3) is 0 Å². The second kappa shape index (κ2) is 16.5. The molecule has 0 amide bonds. The molecule has 2 aromatic carbocycles. The van der Waals surface area contributed by atoms with E-state index >= 15 is 0 Å². The number of benzene rings is 2. The fourth-order valence-electron chi connectivity index (χ4n) is 5.98. The van der Waals surface area contributed by atoms with Gasteiger partial charge < -0.3 is 14.4 Å². The number of likely N-dealkylation sites (N-methyl/N-ethyl adjacent to an activating group) is 1. The van der Waals surface area contributed by atoms with Crippen molar-refractivity contribution in [1.82, 2.24) is 24.5 Å². The molecule has 50 heavy (non-hydrogen) atoms. The Morgan fingerprint density at radius 2 is 1.78 bits per heavy atom. The number of allylic oxidation sites excluding steroid dienone is 4. The van der Waals surface area contributed by atoms with E-state index < -0.39 is 0 Å². The Kier molecular flexibility index (Phi) is 12.0. The van der Waals surface area contributed by atoms with Crippen molar-refractivity contribution < 1.29 is 14.3 Å². The molecule has 2 aliphatic carbocycles. The molecule has 0 N–H and O–H groups in total. The maximum atomic E-state index is 11.3. The zero-order valence-corrected chi connectivity index (χ0v) is 30.4. The number of nitrogens with zero attached hydrogens (tertiary/aromatic N) is 5. The minimum Gasteiger partial charge on any atom is -0.495 e. The number of carbonyl (C=O) groups is 1. The van der Waals surface area contributed by atoms with E-state index in [1.54, 1.807) is 20.2 Å². The van der Waals surface area contributed by atoms with Crippen LogP contribution in [0.25, 0.3) is 22.3 Å². The lowest BCUT2D eigenvalue weighted by Gasteiger charge is -2.12. The van der Waals surface area contributed by atoms with Gasteiger partial charge in [0.1, 0.15) is 35.4 Å². The fourth-order valence-corrected chi connectivity index (χ4v) is 5.98. The molecule has 0 bridgehead atoms. The van der Waals surface area contributed by atoms with Crippen molar-refractivity contribution in [3.05, 3.63) is 126 Å². The molecule has 2 aliphatic rings. The average Bonchev–Trinajstić information content (AvgIpc) is 3.84. The van der Waals surface area contributed by atoms with Crippen LogP contribution in [0.4, 0.5) is 0 Å². The topological polar surface area (TPSA) is 81.8 Å². The number of aryl methyl sites for hydroxylation is 2. The highest BCUT2D eigenvalue weighted by atomic mass is 16.5. The van der Waals surface area contributed by atoms with E-state index in [4.69, 9.17) is 14.6 Å². The van der Waals surface area contributed by atoms with E-state index in [0.29, 0.717) is 11.7 Å². The summed E-state index contributed by atoms with van der Waals surface area (Å²) in [6.07, 6.45) is 13.5. The van der Waals surface area contributed by atoms with Gasteiger partial charge in [0.15, 0.2) is 0 Å². The number of Topliss-reactive ketones (excluding diaryl/α,β-unsaturated/α-hetero) is 1. The summed E-state index contributed by atoms with van der Waals surface area (Å²) < 4.78 is 12.8. The summed E-state index contributed by atoms with van der Waals surface area (Å²) in [6, 6.07) is 24.1. The van der Waals surface area contributed by atoms with E-state index in [-0.39, 0.29) is 5.41 Å². The van der Waals surface area contributed by atoms with E-state index in [2.05, 4.69) is 71.2 Å². The Balaban J connectivity index is 0.000000163. The molecule has 8 nitrogen and oxygen atoms in total. The molecule has 1 fully saturated rings. The number of ether oxygens (including phenoxy) is 2. The normalized spacial score (nSPS) is 15.7. The standard InChI is InChI=1S/C20H20N4O.C11H17NO.C11H12O/c1-13-5-4-6-15(11-13)20-19(17-9-10-21-14(2)22-17)18-8-7-16(25-3)12-24(18)23-20;1-10-5-4-6-11(9-10)13-8-7-12(2)3;1-9(12)11(7-8-11)10-5-3-2-4-6-10/h4,6-13H,5H2,1-3H3;4-6,9H,7-8H2,1-3H3;2-6H,7-8H2,1H3. The van der Waals surface area contributed by atoms with Crippen LogP contribution in [0, 0.1) is 19.8 Å². The van der Waals surface area contributed by atoms with Crippen LogP contribution in [-0.2, 0) is 10.2 Å². The molecule has 7 rings (SSSR count). The first-order chi connectivity index (χ1) is 24.1. The molecule has 0 radical (unpaired) electrons. The van der Waals surface area contributed by atoms with E-state index in [1.165, 1.54) is 11.1 Å². The summed E-state index contributed by atoms with van der Waals surface area (Å²) in [5.74, 6) is 3.29. The van der Waals surface area contributed by atoms with Gasteiger partial charge in [-0.25, -0.2) is 14.5 Å². The van der Waals surface area contributed by atoms with Crippen molar-refractivity contribution in [3.63, 3.8) is 0 Å². The smallest absolute Gasteiger partial charge is 0.140 e. The molecule has 5 aromatic rings. The Hall–Kier alpha value is -5.08. The number of rotatable bonds is 9. The molecule has 0 spiro atoms. The lowest BCUT2D eigenvalue weighted by molar-refractivity contribution is -0.119. The van der Waals surface area contributed by atoms with E-state index in [0.717, 1.165) is 77.8 Å². The number of carbonyl (C=O) groups excluding carboxylic acids is 1. The summed E-state index contributed by atoms with van der Waals surface area (Å²) >= 11 is 0. The van der Waals surface area contributed by atoms with Crippen molar-refractivity contribution >= 4 is 16.9 Å². The first-order valence-corrected chi connectivity index (χ1v) is 17.3. The molecule has 0 aliphatic heterocycles. The minimum absolute atomic E-state index is 0.0960. The molecule has 8 heteroatoms. The predicted octanol–water partition coefficient (Wildman–Crippen LogP) is 8.33. The summed E-state index contributed by atoms with van der Waals surface area (Å²) in [5, 5.41) is 4.84. The highest BCUT2D eigenvalue weighted by molar-refractivity contribution is 5.92. The Bertz CT molecular complexity index is 1960. The maximum absolute atomic E-state index is 11.3. The summed E-state index contributed by atoms with van der Waals surface area (Å²) in [7, 11) is 5.74. The third-order valence-electron chi connectivity index (χ3n) is 8.96. The number of aromatic nitrogens is 4. The molecule has 3 heterocycles. The first-order valence-electron chi connectivity index (χ1n) is 17.3. The maximum Gasteiger partial charge on any atom is 0.140 e. The van der Waals surface area contributed by atoms with Gasteiger partial charge in [0.05, 0.1) is 35.5 Å². The van der Waals surface area contributed by atoms with Crippen LogP contribution in [0.15, 0.2) is 103 Å². The lowest BCUT2D eigenvalue weighted by atomic mass is 9.92. The molecule has 1 unspecified atom stereocenters. The summed E-state index contributed by atoms with van der Waals surface area (Å²) in [4.78, 5) is 22.3. The zero-order valence-electron chi connectivity index (χ0n) is 30.4. The SMILES string of the molecule is CC(=O)C1(c2ccccc2)CC1.COc1ccc2c(-c3ccnc(C)n3)c(C3=CC(C)CC=C3)nn2c1.Cc1cccc(OCCN(C)C)c1. The van der Waals surface area contributed by atoms with Crippen LogP contribution < -0.4 is 9.47 Å². The molecule has 260 valence electrons. The summed E-state index contributed by atoms with van der Waals surface area (Å²) in [5.41, 5.74) is 7.32.